The van der Waals surface area contributed by atoms with Crippen molar-refractivity contribution in [2.24, 2.45) is 5.92 Å². The molecule has 0 unspecified atom stereocenters. The van der Waals surface area contributed by atoms with Gasteiger partial charge in [-0.1, -0.05) is 12.6 Å². The van der Waals surface area contributed by atoms with Gasteiger partial charge in [0.05, 0.1) is 16.8 Å². The predicted octanol–water partition coefficient (Wildman–Crippen LogP) is 4.68. The van der Waals surface area contributed by atoms with Crippen LogP contribution in [0, 0.1) is 24.2 Å². The van der Waals surface area contributed by atoms with Crippen LogP contribution < -0.4 is 16.0 Å². The molecule has 0 spiro atoms. The van der Waals surface area contributed by atoms with Crippen LogP contribution >= 0.6 is 11.3 Å². The van der Waals surface area contributed by atoms with Crippen molar-refractivity contribution in [1.29, 1.82) is 5.26 Å². The monoisotopic (exact) mass is 668 g/mol. The Labute approximate surface area is 272 Å². The number of nitriles is 1. The maximum absolute atomic E-state index is 13.3. The number of likely N-dealkylation sites (tertiary alicyclic amines) is 1. The predicted molar refractivity (Wildman–Crippen MR) is 172 cm³/mol. The van der Waals surface area contributed by atoms with Gasteiger partial charge in [-0.05, 0) is 61.9 Å². The highest BCUT2D eigenvalue weighted by atomic mass is 32.1. The van der Waals surface area contributed by atoms with E-state index in [9.17, 15) is 33.4 Å². The van der Waals surface area contributed by atoms with E-state index in [0.717, 1.165) is 66.9 Å². The van der Waals surface area contributed by atoms with Gasteiger partial charge in [0.1, 0.15) is 22.4 Å². The van der Waals surface area contributed by atoms with Crippen molar-refractivity contribution < 1.29 is 28.2 Å². The average Bonchev–Trinajstić information content (AvgIpc) is 3.69. The van der Waals surface area contributed by atoms with Crippen LogP contribution in [0.2, 0.25) is 0 Å². The van der Waals surface area contributed by atoms with Crippen molar-refractivity contribution in [2.45, 2.75) is 63.7 Å². The average molecular weight is 669 g/mol. The molecule has 4 aromatic rings. The molecule has 1 saturated carbocycles. The van der Waals surface area contributed by atoms with E-state index in [1.54, 1.807) is 7.05 Å². The molecule has 0 bridgehead atoms. The second kappa shape index (κ2) is 12.4. The maximum Gasteiger partial charge on any atom is 0.448 e. The van der Waals surface area contributed by atoms with Crippen LogP contribution in [-0.4, -0.2) is 67.9 Å². The molecule has 1 saturated heterocycles. The van der Waals surface area contributed by atoms with Gasteiger partial charge in [-0.25, -0.2) is 4.98 Å². The molecule has 11 nitrogen and oxygen atoms in total. The van der Waals surface area contributed by atoms with E-state index in [4.69, 9.17) is 0 Å². The van der Waals surface area contributed by atoms with Crippen molar-refractivity contribution in [1.82, 2.24) is 24.8 Å². The summed E-state index contributed by atoms with van der Waals surface area (Å²) in [7, 11) is 1.59. The summed E-state index contributed by atoms with van der Waals surface area (Å²) in [6, 6.07) is 9.28. The lowest BCUT2D eigenvalue weighted by Crippen LogP contribution is -2.41. The highest BCUT2D eigenvalue weighted by molar-refractivity contribution is 7.18. The second-order valence-electron chi connectivity index (χ2n) is 12.2. The molecule has 15 heteroatoms. The third kappa shape index (κ3) is 6.51. The minimum Gasteiger partial charge on any atom is -0.367 e. The second-order valence-corrected chi connectivity index (χ2v) is 13.2. The van der Waals surface area contributed by atoms with Gasteiger partial charge in [-0.2, -0.15) is 23.4 Å². The van der Waals surface area contributed by atoms with Crippen molar-refractivity contribution in [3.05, 3.63) is 58.2 Å². The minimum atomic E-state index is -5.28. The Morgan fingerprint density at radius 1 is 1.15 bits per heavy atom. The molecule has 6 rings (SSSR count). The lowest BCUT2D eigenvalue weighted by atomic mass is 10.0. The largest absolute Gasteiger partial charge is 0.448 e. The molecule has 3 aromatic heterocycles. The number of carbonyl (C=O) groups excluding carboxylic acids is 1. The quantitative estimate of drug-likeness (QED) is 0.152. The van der Waals surface area contributed by atoms with Crippen molar-refractivity contribution in [3.8, 4) is 6.07 Å². The number of aryl methyl sites for hydroxylation is 1. The molecule has 1 amide bonds. The number of alkyl halides is 3. The number of aliphatic hydroxyl groups is 2. The number of hydrogen-bond donors (Lipinski definition) is 5. The number of carbonyl (C=O) groups is 1. The van der Waals surface area contributed by atoms with Crippen LogP contribution in [-0.2, 0) is 23.7 Å². The van der Waals surface area contributed by atoms with E-state index in [1.807, 2.05) is 23.6 Å². The van der Waals surface area contributed by atoms with Crippen molar-refractivity contribution in [3.63, 3.8) is 0 Å². The Morgan fingerprint density at radius 2 is 1.87 bits per heavy atom. The normalized spacial score (nSPS) is 16.4. The van der Waals surface area contributed by atoms with E-state index >= 15 is 0 Å². The van der Waals surface area contributed by atoms with Crippen LogP contribution in [0.4, 0.5) is 24.9 Å². The topological polar surface area (TPSA) is 151 Å². The summed E-state index contributed by atoms with van der Waals surface area (Å²) in [5.41, 5.74) is 4.15. The SMILES string of the molecule is C=C(Cn1c(C#N)cc2c(C)c(CN3CCC(Nc4nc(NC)nc5sc(C(O)(O)C(F)(F)F)cc45)CC3)ccc21)NC(=O)C1CC1. The zero-order valence-corrected chi connectivity index (χ0v) is 26.7. The number of hydrogen-bond acceptors (Lipinski definition) is 10. The van der Waals surface area contributed by atoms with Crippen molar-refractivity contribution in [2.75, 3.05) is 30.8 Å². The lowest BCUT2D eigenvalue weighted by Gasteiger charge is -2.33. The molecule has 2 aliphatic rings. The third-order valence-electron chi connectivity index (χ3n) is 8.86. The number of amides is 1. The Balaban J connectivity index is 1.13. The van der Waals surface area contributed by atoms with Gasteiger partial charge in [-0.15, -0.1) is 11.3 Å². The number of allylic oxidation sites excluding steroid dienone is 1. The smallest absolute Gasteiger partial charge is 0.367 e. The summed E-state index contributed by atoms with van der Waals surface area (Å²) in [5, 5.41) is 39.8. The summed E-state index contributed by atoms with van der Waals surface area (Å²) in [6.07, 6.45) is -1.99. The fourth-order valence-electron chi connectivity index (χ4n) is 5.93. The van der Waals surface area contributed by atoms with E-state index in [-0.39, 0.29) is 34.0 Å². The number of piperidine rings is 1. The number of halogens is 3. The zero-order chi connectivity index (χ0) is 33.7. The van der Waals surface area contributed by atoms with Gasteiger partial charge in [0.15, 0.2) is 0 Å². The Morgan fingerprint density at radius 3 is 2.51 bits per heavy atom. The van der Waals surface area contributed by atoms with Gasteiger partial charge in [-0.3, -0.25) is 9.69 Å². The molecule has 248 valence electrons. The number of benzene rings is 1. The van der Waals surface area contributed by atoms with Crippen LogP contribution in [0.1, 0.15) is 47.4 Å². The fraction of sp³-hybridized carbons (Fsp3) is 0.438. The standard InChI is InChI=1S/C32H35F3N8O3S/c1-17(38-28(44)19-4-5-19)15-43-22(14-36)12-23-18(2)20(6-7-25(23)43)16-42-10-8-21(9-11-42)39-27-24-13-26(31(45,46)32(33,34)35)47-29(24)41-30(37-3)40-27/h6-7,12-13,19,21,45-46H,1,4-5,8-11,15-16H2,2-3H3,(H,38,44)(H2,37,39,40,41). The maximum atomic E-state index is 13.3. The molecule has 4 heterocycles. The first-order valence-electron chi connectivity index (χ1n) is 15.3. The Bertz CT molecular complexity index is 1900. The molecule has 0 radical (unpaired) electrons. The number of rotatable bonds is 10. The van der Waals surface area contributed by atoms with E-state index < -0.39 is 16.8 Å². The molecular weight excluding hydrogens is 633 g/mol. The third-order valence-corrected chi connectivity index (χ3v) is 9.98. The molecule has 2 fully saturated rings. The van der Waals surface area contributed by atoms with Crippen LogP contribution in [0.5, 0.6) is 0 Å². The highest BCUT2D eigenvalue weighted by Gasteiger charge is 2.55. The molecule has 5 N–H and O–H groups in total. The number of fused-ring (bicyclic) bond motifs is 2. The first kappa shape index (κ1) is 32.7. The summed E-state index contributed by atoms with van der Waals surface area (Å²) >= 11 is 0.553. The van der Waals surface area contributed by atoms with Crippen LogP contribution in [0.15, 0.2) is 36.5 Å². The summed E-state index contributed by atoms with van der Waals surface area (Å²) in [4.78, 5) is 22.7. The number of aromatic nitrogens is 3. The molecule has 47 heavy (non-hydrogen) atoms. The number of anilines is 2. The summed E-state index contributed by atoms with van der Waals surface area (Å²) in [5.74, 6) is -3.42. The van der Waals surface area contributed by atoms with E-state index in [2.05, 4.69) is 49.5 Å². The lowest BCUT2D eigenvalue weighted by molar-refractivity contribution is -0.356. The number of nitrogens with zero attached hydrogens (tertiary/aromatic N) is 5. The van der Waals surface area contributed by atoms with Crippen LogP contribution in [0.3, 0.4) is 0 Å². The Kier molecular flexibility index (Phi) is 8.64. The van der Waals surface area contributed by atoms with Crippen molar-refractivity contribution >= 4 is 50.1 Å². The Hall–Kier alpha value is -4.23. The van der Waals surface area contributed by atoms with Gasteiger partial charge in [0, 0.05) is 55.2 Å². The molecule has 1 aliphatic heterocycles. The molecule has 1 aromatic carbocycles. The highest BCUT2D eigenvalue weighted by Crippen LogP contribution is 2.43. The summed E-state index contributed by atoms with van der Waals surface area (Å²) in [6.45, 7) is 8.58. The van der Waals surface area contributed by atoms with Gasteiger partial charge >= 0.3 is 6.18 Å². The molecule has 1 aliphatic carbocycles. The molecule has 0 atom stereocenters. The number of thiophene rings is 1. The van der Waals surface area contributed by atoms with Gasteiger partial charge < -0.3 is 30.7 Å². The molecular formula is C32H35F3N8O3S. The van der Waals surface area contributed by atoms with Crippen LogP contribution in [0.25, 0.3) is 21.1 Å². The van der Waals surface area contributed by atoms with E-state index in [1.165, 1.54) is 0 Å². The number of nitrogens with one attached hydrogen (secondary N) is 3. The minimum absolute atomic E-state index is 0.0164. The van der Waals surface area contributed by atoms with Gasteiger partial charge in [0.2, 0.25) is 11.9 Å². The fourth-order valence-corrected chi connectivity index (χ4v) is 6.97. The zero-order valence-electron chi connectivity index (χ0n) is 25.9. The first-order valence-corrected chi connectivity index (χ1v) is 16.1. The first-order chi connectivity index (χ1) is 22.3. The summed E-state index contributed by atoms with van der Waals surface area (Å²) < 4.78 is 41.8. The van der Waals surface area contributed by atoms with E-state index in [0.29, 0.717) is 41.6 Å². The van der Waals surface area contributed by atoms with Gasteiger partial charge in [0.25, 0.3) is 5.79 Å².